The van der Waals surface area contributed by atoms with E-state index in [4.69, 9.17) is 0 Å². The minimum atomic E-state index is 0.255. The molecule has 0 aliphatic carbocycles. The van der Waals surface area contributed by atoms with Crippen LogP contribution in [-0.2, 0) is 4.79 Å². The topological polar surface area (TPSA) is 17.1 Å². The van der Waals surface area contributed by atoms with Gasteiger partial charge in [-0.3, -0.25) is 0 Å². The zero-order chi connectivity index (χ0) is 7.70. The molecule has 0 aromatic heterocycles. The minimum absolute atomic E-state index is 0.255. The van der Waals surface area contributed by atoms with Gasteiger partial charge >= 0.3 is 0 Å². The standard InChI is InChI=1S/C4H8O.C3H7S/c1-3-4(2)5;1-2-3-4/h3H2,1-2H3;4H,1-3H2. The van der Waals surface area contributed by atoms with Gasteiger partial charge in [-0.05, 0) is 19.1 Å². The minimum Gasteiger partial charge on any atom is -0.300 e. The molecule has 0 saturated carbocycles. The van der Waals surface area contributed by atoms with Gasteiger partial charge in [0, 0.05) is 6.42 Å². The molecule has 1 nitrogen and oxygen atoms in total. The maximum absolute atomic E-state index is 9.81. The Hall–Kier alpha value is 0.0200. The third kappa shape index (κ3) is 31.9. The van der Waals surface area contributed by atoms with Crippen LogP contribution >= 0.6 is 12.6 Å². The van der Waals surface area contributed by atoms with Crippen molar-refractivity contribution in [3.8, 4) is 0 Å². The molecule has 0 fully saturated rings. The van der Waals surface area contributed by atoms with Gasteiger partial charge in [0.05, 0.1) is 0 Å². The highest BCUT2D eigenvalue weighted by Gasteiger charge is 1.76. The highest BCUT2D eigenvalue weighted by molar-refractivity contribution is 7.80. The SMILES string of the molecule is CCC(C)=O.[CH2]CCS. The van der Waals surface area contributed by atoms with Crippen molar-refractivity contribution in [2.75, 3.05) is 5.75 Å². The Morgan fingerprint density at radius 2 is 1.89 bits per heavy atom. The summed E-state index contributed by atoms with van der Waals surface area (Å²) < 4.78 is 0. The molecular weight excluding hydrogens is 132 g/mol. The Balaban J connectivity index is 0. The Labute approximate surface area is 63.3 Å². The van der Waals surface area contributed by atoms with Crippen molar-refractivity contribution in [2.45, 2.75) is 26.7 Å². The summed E-state index contributed by atoms with van der Waals surface area (Å²) in [5.41, 5.74) is 0. The Kier molecular flexibility index (Phi) is 14.3. The lowest BCUT2D eigenvalue weighted by Crippen LogP contribution is -1.80. The van der Waals surface area contributed by atoms with Gasteiger partial charge in [-0.1, -0.05) is 13.8 Å². The number of hydrogen-bond donors (Lipinski definition) is 1. The number of hydrogen-bond acceptors (Lipinski definition) is 2. The van der Waals surface area contributed by atoms with E-state index in [1.165, 1.54) is 0 Å². The van der Waals surface area contributed by atoms with E-state index >= 15 is 0 Å². The third-order valence-electron chi connectivity index (χ3n) is 0.656. The summed E-state index contributed by atoms with van der Waals surface area (Å²) in [6, 6.07) is 0. The van der Waals surface area contributed by atoms with Crippen LogP contribution in [0.4, 0.5) is 0 Å². The predicted molar refractivity (Wildman–Crippen MR) is 44.8 cm³/mol. The number of rotatable bonds is 2. The highest BCUT2D eigenvalue weighted by atomic mass is 32.1. The zero-order valence-corrected chi connectivity index (χ0v) is 7.08. The summed E-state index contributed by atoms with van der Waals surface area (Å²) in [5.74, 6) is 1.16. The summed E-state index contributed by atoms with van der Waals surface area (Å²) in [6.45, 7) is 6.96. The van der Waals surface area contributed by atoms with Crippen LogP contribution in [0.3, 0.4) is 0 Å². The van der Waals surface area contributed by atoms with Crippen molar-refractivity contribution in [2.24, 2.45) is 0 Å². The van der Waals surface area contributed by atoms with E-state index in [9.17, 15) is 4.79 Å². The summed E-state index contributed by atoms with van der Waals surface area (Å²) >= 11 is 3.86. The molecule has 55 valence electrons. The highest BCUT2D eigenvalue weighted by Crippen LogP contribution is 1.74. The molecule has 0 aliphatic heterocycles. The third-order valence-corrected chi connectivity index (χ3v) is 0.972. The van der Waals surface area contributed by atoms with Crippen LogP contribution in [-0.4, -0.2) is 11.5 Å². The van der Waals surface area contributed by atoms with Gasteiger partial charge in [0.1, 0.15) is 5.78 Å². The average Bonchev–Trinajstić information content (AvgIpc) is 1.89. The molecule has 0 N–H and O–H groups in total. The van der Waals surface area contributed by atoms with E-state index in [1.54, 1.807) is 6.92 Å². The van der Waals surface area contributed by atoms with Crippen molar-refractivity contribution >= 4 is 18.4 Å². The van der Waals surface area contributed by atoms with E-state index in [2.05, 4.69) is 19.6 Å². The molecule has 2 heteroatoms. The van der Waals surface area contributed by atoms with Crippen LogP contribution in [0.2, 0.25) is 0 Å². The van der Waals surface area contributed by atoms with E-state index in [0.29, 0.717) is 6.42 Å². The van der Waals surface area contributed by atoms with Crippen molar-refractivity contribution in [3.63, 3.8) is 0 Å². The van der Waals surface area contributed by atoms with E-state index < -0.39 is 0 Å². The molecule has 0 bridgehead atoms. The first kappa shape index (κ1) is 11.8. The molecule has 0 atom stereocenters. The fourth-order valence-corrected chi connectivity index (χ4v) is 0. The molecule has 0 aromatic rings. The maximum Gasteiger partial charge on any atom is 0.129 e. The quantitative estimate of drug-likeness (QED) is 0.592. The summed E-state index contributed by atoms with van der Waals surface area (Å²) in [5, 5.41) is 0. The lowest BCUT2D eigenvalue weighted by molar-refractivity contribution is -0.116. The Morgan fingerprint density at radius 1 is 1.67 bits per heavy atom. The Bertz CT molecular complexity index is 59.9. The zero-order valence-electron chi connectivity index (χ0n) is 6.18. The number of ketones is 1. The van der Waals surface area contributed by atoms with E-state index in [1.807, 2.05) is 6.92 Å². The van der Waals surface area contributed by atoms with Crippen molar-refractivity contribution < 1.29 is 4.79 Å². The lowest BCUT2D eigenvalue weighted by atomic mass is 10.4. The van der Waals surface area contributed by atoms with E-state index in [-0.39, 0.29) is 5.78 Å². The predicted octanol–water partition coefficient (Wildman–Crippen LogP) is 2.13. The molecule has 0 spiro atoms. The molecule has 9 heavy (non-hydrogen) atoms. The van der Waals surface area contributed by atoms with Gasteiger partial charge in [0.15, 0.2) is 0 Å². The summed E-state index contributed by atoms with van der Waals surface area (Å²) in [6.07, 6.45) is 1.60. The largest absolute Gasteiger partial charge is 0.300 e. The van der Waals surface area contributed by atoms with Crippen molar-refractivity contribution in [1.29, 1.82) is 0 Å². The molecule has 0 saturated heterocycles. The van der Waals surface area contributed by atoms with Crippen LogP contribution in [0.15, 0.2) is 0 Å². The van der Waals surface area contributed by atoms with Gasteiger partial charge in [-0.15, -0.1) is 0 Å². The van der Waals surface area contributed by atoms with Gasteiger partial charge in [-0.2, -0.15) is 12.6 Å². The van der Waals surface area contributed by atoms with Crippen molar-refractivity contribution in [3.05, 3.63) is 6.92 Å². The monoisotopic (exact) mass is 147 g/mol. The first-order valence-corrected chi connectivity index (χ1v) is 3.71. The molecule has 1 radical (unpaired) electrons. The fraction of sp³-hybridized carbons (Fsp3) is 0.714. The second-order valence-electron chi connectivity index (χ2n) is 1.63. The number of carbonyl (C=O) groups excluding carboxylic acids is 1. The van der Waals surface area contributed by atoms with Gasteiger partial charge < -0.3 is 4.79 Å². The first-order valence-electron chi connectivity index (χ1n) is 3.08. The first-order chi connectivity index (χ1) is 4.18. The fourth-order valence-electron chi connectivity index (χ4n) is 0. The Morgan fingerprint density at radius 3 is 1.89 bits per heavy atom. The normalized spacial score (nSPS) is 7.56. The molecule has 0 amide bonds. The van der Waals surface area contributed by atoms with Gasteiger partial charge in [0.2, 0.25) is 0 Å². The molecule has 0 heterocycles. The average molecular weight is 147 g/mol. The second-order valence-corrected chi connectivity index (χ2v) is 2.08. The number of thiol groups is 1. The molecule has 0 unspecified atom stereocenters. The van der Waals surface area contributed by atoms with Crippen LogP contribution in [0, 0.1) is 6.92 Å². The van der Waals surface area contributed by atoms with Gasteiger partial charge in [0.25, 0.3) is 0 Å². The summed E-state index contributed by atoms with van der Waals surface area (Å²) in [4.78, 5) is 9.81. The smallest absolute Gasteiger partial charge is 0.129 e. The molecule has 0 rings (SSSR count). The molecule has 0 aliphatic rings. The van der Waals surface area contributed by atoms with Gasteiger partial charge in [-0.25, -0.2) is 0 Å². The molecule has 0 aromatic carbocycles. The van der Waals surface area contributed by atoms with Crippen LogP contribution in [0.25, 0.3) is 0 Å². The summed E-state index contributed by atoms with van der Waals surface area (Å²) in [7, 11) is 0. The van der Waals surface area contributed by atoms with Crippen LogP contribution in [0.1, 0.15) is 26.7 Å². The maximum atomic E-state index is 9.81. The van der Waals surface area contributed by atoms with Crippen LogP contribution in [0.5, 0.6) is 0 Å². The van der Waals surface area contributed by atoms with E-state index in [0.717, 1.165) is 12.2 Å². The number of carbonyl (C=O) groups is 1. The van der Waals surface area contributed by atoms with Crippen molar-refractivity contribution in [1.82, 2.24) is 0 Å². The lowest BCUT2D eigenvalue weighted by Gasteiger charge is -1.71. The molecular formula is C7H15OS. The second kappa shape index (κ2) is 10.9. The number of Topliss-reactive ketones (excluding diaryl/α,β-unsaturated/α-hetero) is 1. The van der Waals surface area contributed by atoms with Crippen LogP contribution < -0.4 is 0 Å².